The summed E-state index contributed by atoms with van der Waals surface area (Å²) in [5, 5.41) is 2.89. The monoisotopic (exact) mass is 406 g/mol. The summed E-state index contributed by atoms with van der Waals surface area (Å²) in [7, 11) is -3.64. The maximum atomic E-state index is 13.0. The van der Waals surface area contributed by atoms with Gasteiger partial charge >= 0.3 is 0 Å². The molecule has 0 saturated carbocycles. The summed E-state index contributed by atoms with van der Waals surface area (Å²) in [6, 6.07) is 12.1. The van der Waals surface area contributed by atoms with Crippen LogP contribution in [0.25, 0.3) is 0 Å². The Bertz CT molecular complexity index is 927. The smallest absolute Gasteiger partial charge is 0.248 e. The number of nitrogens with one attached hydrogen (secondary N) is 1. The van der Waals surface area contributed by atoms with E-state index in [0.29, 0.717) is 17.8 Å². The molecule has 0 spiro atoms. The second-order valence-corrected chi connectivity index (χ2v) is 9.15. The lowest BCUT2D eigenvalue weighted by Gasteiger charge is -2.30. The summed E-state index contributed by atoms with van der Waals surface area (Å²) in [5.41, 5.74) is 3.23. The molecule has 0 heterocycles. The van der Waals surface area contributed by atoms with E-state index in [1.54, 1.807) is 6.07 Å². The lowest BCUT2D eigenvalue weighted by Crippen LogP contribution is -2.47. The van der Waals surface area contributed by atoms with E-state index in [1.165, 1.54) is 16.1 Å². The first kappa shape index (κ1) is 21.3. The zero-order valence-electron chi connectivity index (χ0n) is 16.3. The van der Waals surface area contributed by atoms with Gasteiger partial charge in [-0.05, 0) is 61.9 Å². The van der Waals surface area contributed by atoms with Gasteiger partial charge in [0.25, 0.3) is 0 Å². The standard InChI is InChI=1S/C20H26N2O3S2/c1-6-18(20(23)21-17-9-7-8-10-19(17)26-4)22(27(5,24)25)16-12-11-14(2)15(3)13-16/h7-13,18H,6H2,1-5H3,(H,21,23). The van der Waals surface area contributed by atoms with Crippen molar-refractivity contribution in [1.29, 1.82) is 0 Å². The van der Waals surface area contributed by atoms with Crippen molar-refractivity contribution >= 4 is 39.1 Å². The molecule has 0 saturated heterocycles. The van der Waals surface area contributed by atoms with Gasteiger partial charge in [-0.25, -0.2) is 8.42 Å². The fourth-order valence-electron chi connectivity index (χ4n) is 2.89. The van der Waals surface area contributed by atoms with Crippen molar-refractivity contribution in [3.05, 3.63) is 53.6 Å². The fourth-order valence-corrected chi connectivity index (χ4v) is 4.64. The number of carbonyl (C=O) groups excluding carboxylic acids is 1. The molecule has 2 rings (SSSR count). The second-order valence-electron chi connectivity index (χ2n) is 6.44. The number of carbonyl (C=O) groups is 1. The zero-order valence-corrected chi connectivity index (χ0v) is 17.9. The Morgan fingerprint density at radius 3 is 2.37 bits per heavy atom. The van der Waals surface area contributed by atoms with Crippen molar-refractivity contribution in [2.75, 3.05) is 22.1 Å². The van der Waals surface area contributed by atoms with Crippen molar-refractivity contribution in [2.24, 2.45) is 0 Å². The fraction of sp³-hybridized carbons (Fsp3) is 0.350. The number of hydrogen-bond donors (Lipinski definition) is 1. The predicted octanol–water partition coefficient (Wildman–Crippen LogP) is 4.21. The third-order valence-electron chi connectivity index (χ3n) is 4.44. The quantitative estimate of drug-likeness (QED) is 0.700. The maximum absolute atomic E-state index is 13.0. The molecule has 0 fully saturated rings. The van der Waals surface area contributed by atoms with E-state index in [2.05, 4.69) is 5.32 Å². The molecule has 0 aliphatic carbocycles. The Morgan fingerprint density at radius 2 is 1.81 bits per heavy atom. The van der Waals surface area contributed by atoms with Gasteiger partial charge in [0, 0.05) is 4.90 Å². The molecule has 0 bridgehead atoms. The molecular weight excluding hydrogens is 380 g/mol. The van der Waals surface area contributed by atoms with Crippen LogP contribution in [0.4, 0.5) is 11.4 Å². The average molecular weight is 407 g/mol. The minimum Gasteiger partial charge on any atom is -0.323 e. The van der Waals surface area contributed by atoms with E-state index in [-0.39, 0.29) is 5.91 Å². The molecule has 1 N–H and O–H groups in total. The number of anilines is 2. The third kappa shape index (κ3) is 5.05. The Morgan fingerprint density at radius 1 is 1.15 bits per heavy atom. The lowest BCUT2D eigenvalue weighted by molar-refractivity contribution is -0.117. The summed E-state index contributed by atoms with van der Waals surface area (Å²) in [6.45, 7) is 5.70. The van der Waals surface area contributed by atoms with Gasteiger partial charge in [0.05, 0.1) is 17.6 Å². The van der Waals surface area contributed by atoms with Crippen LogP contribution < -0.4 is 9.62 Å². The highest BCUT2D eigenvalue weighted by Gasteiger charge is 2.32. The van der Waals surface area contributed by atoms with Gasteiger partial charge in [0.15, 0.2) is 0 Å². The minimum absolute atomic E-state index is 0.345. The molecule has 7 heteroatoms. The van der Waals surface area contributed by atoms with E-state index in [0.717, 1.165) is 22.3 Å². The predicted molar refractivity (Wildman–Crippen MR) is 114 cm³/mol. The number of nitrogens with zero attached hydrogens (tertiary/aromatic N) is 1. The van der Waals surface area contributed by atoms with Gasteiger partial charge < -0.3 is 5.32 Å². The Labute approximate surface area is 166 Å². The van der Waals surface area contributed by atoms with E-state index >= 15 is 0 Å². The third-order valence-corrected chi connectivity index (χ3v) is 6.42. The number of rotatable bonds is 7. The molecule has 1 unspecified atom stereocenters. The number of thioether (sulfide) groups is 1. The van der Waals surface area contributed by atoms with Gasteiger partial charge in [0.2, 0.25) is 15.9 Å². The van der Waals surface area contributed by atoms with Crippen LogP contribution >= 0.6 is 11.8 Å². The normalized spacial score (nSPS) is 12.5. The highest BCUT2D eigenvalue weighted by atomic mass is 32.2. The summed E-state index contributed by atoms with van der Waals surface area (Å²) in [6.07, 6.45) is 3.42. The Hall–Kier alpha value is -1.99. The molecule has 0 aliphatic heterocycles. The van der Waals surface area contributed by atoms with E-state index in [4.69, 9.17) is 0 Å². The van der Waals surface area contributed by atoms with Crippen LogP contribution in [-0.2, 0) is 14.8 Å². The first-order valence-electron chi connectivity index (χ1n) is 8.69. The Balaban J connectivity index is 2.43. The molecule has 2 aromatic rings. The molecule has 27 heavy (non-hydrogen) atoms. The van der Waals surface area contributed by atoms with Crippen LogP contribution in [0.5, 0.6) is 0 Å². The van der Waals surface area contributed by atoms with Crippen molar-refractivity contribution in [3.63, 3.8) is 0 Å². The van der Waals surface area contributed by atoms with Crippen LogP contribution in [0.2, 0.25) is 0 Å². The van der Waals surface area contributed by atoms with Crippen LogP contribution in [0.15, 0.2) is 47.4 Å². The highest BCUT2D eigenvalue weighted by molar-refractivity contribution is 7.98. The Kier molecular flexibility index (Phi) is 6.95. The molecule has 1 amide bonds. The number of benzene rings is 2. The number of hydrogen-bond acceptors (Lipinski definition) is 4. The van der Waals surface area contributed by atoms with Crippen molar-refractivity contribution in [1.82, 2.24) is 0 Å². The SMILES string of the molecule is CCC(C(=O)Nc1ccccc1SC)N(c1ccc(C)c(C)c1)S(C)(=O)=O. The number of sulfonamides is 1. The first-order valence-corrected chi connectivity index (χ1v) is 11.8. The maximum Gasteiger partial charge on any atom is 0.248 e. The van der Waals surface area contributed by atoms with Crippen LogP contribution in [0.1, 0.15) is 24.5 Å². The topological polar surface area (TPSA) is 66.5 Å². The molecule has 0 aromatic heterocycles. The highest BCUT2D eigenvalue weighted by Crippen LogP contribution is 2.28. The van der Waals surface area contributed by atoms with Crippen LogP contribution in [0.3, 0.4) is 0 Å². The molecule has 0 aliphatic rings. The number of para-hydroxylation sites is 1. The largest absolute Gasteiger partial charge is 0.323 e. The molecule has 146 valence electrons. The van der Waals surface area contributed by atoms with Gasteiger partial charge in [-0.3, -0.25) is 9.10 Å². The summed E-state index contributed by atoms with van der Waals surface area (Å²) < 4.78 is 26.3. The van der Waals surface area contributed by atoms with Gasteiger partial charge in [-0.2, -0.15) is 0 Å². The van der Waals surface area contributed by atoms with Crippen molar-refractivity contribution < 1.29 is 13.2 Å². The summed E-state index contributed by atoms with van der Waals surface area (Å²) >= 11 is 1.52. The number of aryl methyl sites for hydroxylation is 2. The lowest BCUT2D eigenvalue weighted by atomic mass is 10.1. The van der Waals surface area contributed by atoms with E-state index in [9.17, 15) is 13.2 Å². The van der Waals surface area contributed by atoms with Crippen LogP contribution in [-0.4, -0.2) is 32.9 Å². The zero-order chi connectivity index (χ0) is 20.2. The van der Waals surface area contributed by atoms with Gasteiger partial charge in [-0.1, -0.05) is 25.1 Å². The summed E-state index contributed by atoms with van der Waals surface area (Å²) in [5.74, 6) is -0.345. The van der Waals surface area contributed by atoms with Crippen molar-refractivity contribution in [3.8, 4) is 0 Å². The molecule has 1 atom stereocenters. The molecule has 0 radical (unpaired) electrons. The van der Waals surface area contributed by atoms with Gasteiger partial charge in [-0.15, -0.1) is 11.8 Å². The minimum atomic E-state index is -3.64. The summed E-state index contributed by atoms with van der Waals surface area (Å²) in [4.78, 5) is 13.9. The van der Waals surface area contributed by atoms with E-state index < -0.39 is 16.1 Å². The molecule has 2 aromatic carbocycles. The molecule has 5 nitrogen and oxygen atoms in total. The number of amides is 1. The van der Waals surface area contributed by atoms with E-state index in [1.807, 2.05) is 63.4 Å². The van der Waals surface area contributed by atoms with Crippen LogP contribution in [0, 0.1) is 13.8 Å². The first-order chi connectivity index (χ1) is 12.7. The average Bonchev–Trinajstić information content (AvgIpc) is 2.61. The van der Waals surface area contributed by atoms with Gasteiger partial charge in [0.1, 0.15) is 6.04 Å². The van der Waals surface area contributed by atoms with Crippen molar-refractivity contribution in [2.45, 2.75) is 38.1 Å². The molecular formula is C20H26N2O3S2. The second kappa shape index (κ2) is 8.80.